The van der Waals surface area contributed by atoms with Crippen LogP contribution in [0.25, 0.3) is 17.0 Å². The highest BCUT2D eigenvalue weighted by Crippen LogP contribution is 2.34. The molecule has 3 aromatic carbocycles. The number of fused-ring (bicyclic) bond motifs is 1. The molecule has 186 valence electrons. The van der Waals surface area contributed by atoms with Gasteiger partial charge in [-0.05, 0) is 59.7 Å². The van der Waals surface area contributed by atoms with E-state index in [1.54, 1.807) is 18.2 Å². The summed E-state index contributed by atoms with van der Waals surface area (Å²) in [4.78, 5) is 39.4. The summed E-state index contributed by atoms with van der Waals surface area (Å²) in [6, 6.07) is 17.5. The zero-order chi connectivity index (χ0) is 26.1. The zero-order valence-corrected chi connectivity index (χ0v) is 20.0. The van der Waals surface area contributed by atoms with Crippen molar-refractivity contribution in [3.63, 3.8) is 0 Å². The number of benzene rings is 3. The van der Waals surface area contributed by atoms with Crippen LogP contribution >= 0.6 is 0 Å². The number of urea groups is 1. The van der Waals surface area contributed by atoms with Crippen LogP contribution in [-0.2, 0) is 16.1 Å². The summed E-state index contributed by atoms with van der Waals surface area (Å²) in [5, 5.41) is 3.09. The van der Waals surface area contributed by atoms with Crippen LogP contribution in [0.2, 0.25) is 0 Å². The van der Waals surface area contributed by atoms with Gasteiger partial charge in [0.2, 0.25) is 0 Å². The lowest BCUT2D eigenvalue weighted by Crippen LogP contribution is -2.54. The standard InChI is InChI=1S/C28H22FN3O5/c1-36-21-7-9-24(25(15-21)37-2)32-27(34)22(26(33)30-28(32)35)14-17-6-8-23-19(12-17)10-11-31(23)16-18-4-3-5-20(29)13-18/h3-15H,16H2,1-2H3,(H,30,33,35)/b22-14-. The molecule has 1 aliphatic heterocycles. The monoisotopic (exact) mass is 499 g/mol. The number of anilines is 1. The molecule has 0 saturated carbocycles. The molecule has 8 nitrogen and oxygen atoms in total. The van der Waals surface area contributed by atoms with E-state index < -0.39 is 17.8 Å². The molecule has 1 aliphatic rings. The molecule has 4 aromatic rings. The predicted molar refractivity (Wildman–Crippen MR) is 136 cm³/mol. The lowest BCUT2D eigenvalue weighted by atomic mass is 10.1. The van der Waals surface area contributed by atoms with Crippen molar-refractivity contribution < 1.29 is 28.2 Å². The number of barbiturate groups is 1. The maximum Gasteiger partial charge on any atom is 0.336 e. The number of carbonyl (C=O) groups excluding carboxylic acids is 3. The summed E-state index contributed by atoms with van der Waals surface area (Å²) < 4.78 is 26.1. The predicted octanol–water partition coefficient (Wildman–Crippen LogP) is 4.51. The Labute approximate surface area is 211 Å². The molecule has 37 heavy (non-hydrogen) atoms. The Bertz CT molecular complexity index is 1590. The van der Waals surface area contributed by atoms with Crippen molar-refractivity contribution in [2.24, 2.45) is 0 Å². The largest absolute Gasteiger partial charge is 0.497 e. The lowest BCUT2D eigenvalue weighted by Gasteiger charge is -2.27. The fraction of sp³-hybridized carbons (Fsp3) is 0.107. The number of carbonyl (C=O) groups is 3. The number of hydrogen-bond acceptors (Lipinski definition) is 5. The third-order valence-electron chi connectivity index (χ3n) is 6.08. The molecule has 0 unspecified atom stereocenters. The van der Waals surface area contributed by atoms with E-state index in [2.05, 4.69) is 5.32 Å². The van der Waals surface area contributed by atoms with Crippen molar-refractivity contribution in [2.45, 2.75) is 6.54 Å². The van der Waals surface area contributed by atoms with Gasteiger partial charge in [0.1, 0.15) is 22.9 Å². The molecular formula is C28H22FN3O5. The van der Waals surface area contributed by atoms with Crippen molar-refractivity contribution in [2.75, 3.05) is 19.1 Å². The Hall–Kier alpha value is -4.92. The van der Waals surface area contributed by atoms with Gasteiger partial charge in [0.15, 0.2) is 0 Å². The van der Waals surface area contributed by atoms with Crippen molar-refractivity contribution >= 4 is 40.5 Å². The van der Waals surface area contributed by atoms with Gasteiger partial charge in [0, 0.05) is 29.7 Å². The van der Waals surface area contributed by atoms with Crippen molar-refractivity contribution in [1.29, 1.82) is 0 Å². The minimum Gasteiger partial charge on any atom is -0.497 e. The molecular weight excluding hydrogens is 477 g/mol. The van der Waals surface area contributed by atoms with Crippen LogP contribution in [0.4, 0.5) is 14.9 Å². The lowest BCUT2D eigenvalue weighted by molar-refractivity contribution is -0.122. The van der Waals surface area contributed by atoms with E-state index in [0.29, 0.717) is 17.9 Å². The Kier molecular flexibility index (Phi) is 6.19. The van der Waals surface area contributed by atoms with Crippen LogP contribution in [-0.4, -0.2) is 36.6 Å². The molecule has 0 spiro atoms. The number of nitrogens with zero attached hydrogens (tertiary/aromatic N) is 2. The van der Waals surface area contributed by atoms with Gasteiger partial charge in [-0.3, -0.25) is 14.9 Å². The summed E-state index contributed by atoms with van der Waals surface area (Å²) in [5.41, 5.74) is 2.31. The van der Waals surface area contributed by atoms with E-state index in [1.807, 2.05) is 35.0 Å². The summed E-state index contributed by atoms with van der Waals surface area (Å²) in [6.07, 6.45) is 3.33. The van der Waals surface area contributed by atoms with Gasteiger partial charge in [0.05, 0.1) is 19.9 Å². The van der Waals surface area contributed by atoms with Crippen LogP contribution in [0.3, 0.4) is 0 Å². The summed E-state index contributed by atoms with van der Waals surface area (Å²) >= 11 is 0. The molecule has 1 N–H and O–H groups in total. The Morgan fingerprint density at radius 3 is 2.54 bits per heavy atom. The van der Waals surface area contributed by atoms with Crippen molar-refractivity contribution in [3.8, 4) is 11.5 Å². The van der Waals surface area contributed by atoms with Crippen LogP contribution < -0.4 is 19.7 Å². The highest BCUT2D eigenvalue weighted by molar-refractivity contribution is 6.39. The number of hydrogen-bond donors (Lipinski definition) is 1. The van der Waals surface area contributed by atoms with E-state index in [0.717, 1.165) is 21.4 Å². The second kappa shape index (κ2) is 9.62. The normalized spacial score (nSPS) is 14.8. The number of imide groups is 2. The molecule has 9 heteroatoms. The molecule has 0 atom stereocenters. The minimum atomic E-state index is -0.875. The number of ether oxygens (including phenoxy) is 2. The van der Waals surface area contributed by atoms with Crippen LogP contribution in [0.15, 0.2) is 78.5 Å². The molecule has 1 fully saturated rings. The number of aromatic nitrogens is 1. The fourth-order valence-corrected chi connectivity index (χ4v) is 4.29. The van der Waals surface area contributed by atoms with Crippen LogP contribution in [0, 0.1) is 5.82 Å². The maximum atomic E-state index is 13.6. The van der Waals surface area contributed by atoms with Crippen LogP contribution in [0.1, 0.15) is 11.1 Å². The first kappa shape index (κ1) is 23.8. The highest BCUT2D eigenvalue weighted by Gasteiger charge is 2.38. The van der Waals surface area contributed by atoms with Gasteiger partial charge in [-0.1, -0.05) is 18.2 Å². The van der Waals surface area contributed by atoms with Gasteiger partial charge in [0.25, 0.3) is 11.8 Å². The number of rotatable bonds is 6. The van der Waals surface area contributed by atoms with Crippen LogP contribution in [0.5, 0.6) is 11.5 Å². The fourth-order valence-electron chi connectivity index (χ4n) is 4.29. The van der Waals surface area contributed by atoms with E-state index in [1.165, 1.54) is 44.6 Å². The second-order valence-corrected chi connectivity index (χ2v) is 8.39. The second-order valence-electron chi connectivity index (χ2n) is 8.39. The SMILES string of the molecule is COc1ccc(N2C(=O)NC(=O)/C(=C/c3ccc4c(ccn4Cc4cccc(F)c4)c3)C2=O)c(OC)c1. The molecule has 0 radical (unpaired) electrons. The molecule has 4 amide bonds. The number of halogens is 1. The van der Waals surface area contributed by atoms with Gasteiger partial charge >= 0.3 is 6.03 Å². The third-order valence-corrected chi connectivity index (χ3v) is 6.08. The van der Waals surface area contributed by atoms with E-state index in [4.69, 9.17) is 9.47 Å². The first-order valence-electron chi connectivity index (χ1n) is 11.3. The van der Waals surface area contributed by atoms with Gasteiger partial charge in [-0.25, -0.2) is 14.1 Å². The quantitative estimate of drug-likeness (QED) is 0.311. The summed E-state index contributed by atoms with van der Waals surface area (Å²) in [6.45, 7) is 0.489. The van der Waals surface area contributed by atoms with Crippen molar-refractivity contribution in [1.82, 2.24) is 9.88 Å². The van der Waals surface area contributed by atoms with E-state index in [-0.39, 0.29) is 22.8 Å². The molecule has 5 rings (SSSR count). The Morgan fingerprint density at radius 1 is 0.946 bits per heavy atom. The first-order valence-corrected chi connectivity index (χ1v) is 11.3. The average Bonchev–Trinajstić information content (AvgIpc) is 3.28. The molecule has 0 bridgehead atoms. The number of methoxy groups -OCH3 is 2. The topological polar surface area (TPSA) is 89.9 Å². The minimum absolute atomic E-state index is 0.175. The summed E-state index contributed by atoms with van der Waals surface area (Å²) in [7, 11) is 2.89. The van der Waals surface area contributed by atoms with Gasteiger partial charge in [-0.2, -0.15) is 0 Å². The molecule has 1 aromatic heterocycles. The number of amides is 4. The number of nitrogens with one attached hydrogen (secondary N) is 1. The van der Waals surface area contributed by atoms with E-state index in [9.17, 15) is 18.8 Å². The zero-order valence-electron chi connectivity index (χ0n) is 20.0. The smallest absolute Gasteiger partial charge is 0.336 e. The van der Waals surface area contributed by atoms with E-state index >= 15 is 0 Å². The van der Waals surface area contributed by atoms with Crippen molar-refractivity contribution in [3.05, 3.63) is 95.4 Å². The first-order chi connectivity index (χ1) is 17.9. The average molecular weight is 499 g/mol. The Balaban J connectivity index is 1.47. The maximum absolute atomic E-state index is 13.6. The Morgan fingerprint density at radius 2 is 1.78 bits per heavy atom. The summed E-state index contributed by atoms with van der Waals surface area (Å²) in [5.74, 6) is -1.14. The molecule has 1 saturated heterocycles. The third kappa shape index (κ3) is 4.54. The molecule has 2 heterocycles. The highest BCUT2D eigenvalue weighted by atomic mass is 19.1. The van der Waals surface area contributed by atoms with Gasteiger partial charge in [-0.15, -0.1) is 0 Å². The van der Waals surface area contributed by atoms with Gasteiger partial charge < -0.3 is 14.0 Å². The molecule has 0 aliphatic carbocycles.